The molecule has 1 aromatic carbocycles. The van der Waals surface area contributed by atoms with Crippen molar-refractivity contribution in [3.05, 3.63) is 35.6 Å². The number of amides is 1. The van der Waals surface area contributed by atoms with Crippen LogP contribution >= 0.6 is 0 Å². The van der Waals surface area contributed by atoms with Gasteiger partial charge in [-0.05, 0) is 36.5 Å². The Labute approximate surface area is 106 Å². The fourth-order valence-corrected chi connectivity index (χ4v) is 2.12. The minimum atomic E-state index is -0.270. The van der Waals surface area contributed by atoms with Gasteiger partial charge >= 0.3 is 0 Å². The fraction of sp³-hybridized carbons (Fsp3) is 0.500. The predicted molar refractivity (Wildman–Crippen MR) is 66.8 cm³/mol. The van der Waals surface area contributed by atoms with Gasteiger partial charge in [-0.2, -0.15) is 0 Å². The maximum absolute atomic E-state index is 12.9. The molecule has 0 aromatic heterocycles. The van der Waals surface area contributed by atoms with Crippen molar-refractivity contribution in [1.29, 1.82) is 0 Å². The number of carbonyl (C=O) groups is 1. The Kier molecular flexibility index (Phi) is 4.31. The third-order valence-corrected chi connectivity index (χ3v) is 3.21. The molecule has 1 aromatic rings. The van der Waals surface area contributed by atoms with E-state index in [1.165, 1.54) is 12.1 Å². The zero-order chi connectivity index (χ0) is 13.0. The summed E-state index contributed by atoms with van der Waals surface area (Å²) in [6.07, 6.45) is 2.14. The number of ether oxygens (including phenoxy) is 1. The zero-order valence-corrected chi connectivity index (χ0v) is 10.5. The van der Waals surface area contributed by atoms with E-state index in [9.17, 15) is 9.18 Å². The van der Waals surface area contributed by atoms with Gasteiger partial charge in [0.2, 0.25) is 5.91 Å². The SMILES string of the molecule is COCCNC(=O)C(c1ccc(F)cc1)C1CC1. The molecule has 1 aliphatic carbocycles. The van der Waals surface area contributed by atoms with E-state index in [1.54, 1.807) is 19.2 Å². The van der Waals surface area contributed by atoms with Crippen molar-refractivity contribution in [2.75, 3.05) is 20.3 Å². The Morgan fingerprint density at radius 3 is 2.67 bits per heavy atom. The maximum atomic E-state index is 12.9. The van der Waals surface area contributed by atoms with Gasteiger partial charge < -0.3 is 10.1 Å². The summed E-state index contributed by atoms with van der Waals surface area (Å²) in [5.41, 5.74) is 0.897. The van der Waals surface area contributed by atoms with Gasteiger partial charge in [0.05, 0.1) is 12.5 Å². The third kappa shape index (κ3) is 3.29. The molecule has 3 nitrogen and oxygen atoms in total. The molecule has 4 heteroatoms. The summed E-state index contributed by atoms with van der Waals surface area (Å²) in [5, 5.41) is 2.86. The molecule has 1 saturated carbocycles. The molecule has 0 saturated heterocycles. The molecule has 0 bridgehead atoms. The van der Waals surface area contributed by atoms with Crippen LogP contribution in [0.25, 0.3) is 0 Å². The van der Waals surface area contributed by atoms with Crippen LogP contribution in [0.15, 0.2) is 24.3 Å². The number of halogens is 1. The summed E-state index contributed by atoms with van der Waals surface area (Å²) in [6, 6.07) is 6.22. The molecule has 0 radical (unpaired) electrons. The first-order valence-electron chi connectivity index (χ1n) is 6.24. The van der Waals surface area contributed by atoms with Gasteiger partial charge in [0.25, 0.3) is 0 Å². The van der Waals surface area contributed by atoms with Crippen LogP contribution in [0, 0.1) is 11.7 Å². The lowest BCUT2D eigenvalue weighted by Crippen LogP contribution is -2.32. The van der Waals surface area contributed by atoms with Crippen molar-refractivity contribution in [3.63, 3.8) is 0 Å². The summed E-state index contributed by atoms with van der Waals surface area (Å²) in [7, 11) is 1.60. The first-order chi connectivity index (χ1) is 8.72. The highest BCUT2D eigenvalue weighted by atomic mass is 19.1. The highest BCUT2D eigenvalue weighted by Gasteiger charge is 2.37. The second-order valence-electron chi connectivity index (χ2n) is 4.65. The normalized spacial score (nSPS) is 16.3. The topological polar surface area (TPSA) is 38.3 Å². The summed E-state index contributed by atoms with van der Waals surface area (Å²) in [6.45, 7) is 1.02. The van der Waals surface area contributed by atoms with Gasteiger partial charge in [-0.1, -0.05) is 12.1 Å². The van der Waals surface area contributed by atoms with Gasteiger partial charge in [-0.15, -0.1) is 0 Å². The van der Waals surface area contributed by atoms with Crippen LogP contribution in [-0.2, 0) is 9.53 Å². The molecular formula is C14H18FNO2. The van der Waals surface area contributed by atoms with E-state index in [4.69, 9.17) is 4.74 Å². The van der Waals surface area contributed by atoms with Crippen LogP contribution < -0.4 is 5.32 Å². The van der Waals surface area contributed by atoms with Gasteiger partial charge in [0.1, 0.15) is 5.82 Å². The quantitative estimate of drug-likeness (QED) is 0.786. The van der Waals surface area contributed by atoms with Gasteiger partial charge in [-0.3, -0.25) is 4.79 Å². The van der Waals surface area contributed by atoms with Crippen molar-refractivity contribution in [1.82, 2.24) is 5.32 Å². The molecule has 1 amide bonds. The highest BCUT2D eigenvalue weighted by Crippen LogP contribution is 2.42. The van der Waals surface area contributed by atoms with E-state index in [-0.39, 0.29) is 17.6 Å². The van der Waals surface area contributed by atoms with Gasteiger partial charge in [0, 0.05) is 13.7 Å². The lowest BCUT2D eigenvalue weighted by Gasteiger charge is -2.16. The average Bonchev–Trinajstić information content (AvgIpc) is 3.17. The fourth-order valence-electron chi connectivity index (χ4n) is 2.12. The molecule has 18 heavy (non-hydrogen) atoms. The number of methoxy groups -OCH3 is 1. The second kappa shape index (κ2) is 5.96. The first kappa shape index (κ1) is 13.0. The molecule has 1 aliphatic rings. The van der Waals surface area contributed by atoms with Crippen molar-refractivity contribution >= 4 is 5.91 Å². The van der Waals surface area contributed by atoms with Crippen LogP contribution in [0.4, 0.5) is 4.39 Å². The largest absolute Gasteiger partial charge is 0.383 e. The van der Waals surface area contributed by atoms with E-state index < -0.39 is 0 Å². The van der Waals surface area contributed by atoms with E-state index in [2.05, 4.69) is 5.32 Å². The standard InChI is InChI=1S/C14H18FNO2/c1-18-9-8-16-14(17)13(10-2-3-10)11-4-6-12(15)7-5-11/h4-7,10,13H,2-3,8-9H2,1H3,(H,16,17). The van der Waals surface area contributed by atoms with Crippen LogP contribution in [0.5, 0.6) is 0 Å². The van der Waals surface area contributed by atoms with Crippen molar-refractivity contribution in [3.8, 4) is 0 Å². The Balaban J connectivity index is 2.03. The van der Waals surface area contributed by atoms with Crippen LogP contribution in [0.2, 0.25) is 0 Å². The Hall–Kier alpha value is -1.42. The maximum Gasteiger partial charge on any atom is 0.227 e. The second-order valence-corrected chi connectivity index (χ2v) is 4.65. The number of nitrogens with one attached hydrogen (secondary N) is 1. The van der Waals surface area contributed by atoms with Gasteiger partial charge in [0.15, 0.2) is 0 Å². The molecule has 1 unspecified atom stereocenters. The third-order valence-electron chi connectivity index (χ3n) is 3.21. The summed E-state index contributed by atoms with van der Waals surface area (Å²) in [5.74, 6) is -0.00490. The first-order valence-corrected chi connectivity index (χ1v) is 6.24. The number of hydrogen-bond acceptors (Lipinski definition) is 2. The smallest absolute Gasteiger partial charge is 0.227 e. The van der Waals surface area contributed by atoms with Crippen LogP contribution in [0.3, 0.4) is 0 Å². The van der Waals surface area contributed by atoms with E-state index in [0.29, 0.717) is 19.1 Å². The van der Waals surface area contributed by atoms with Crippen molar-refractivity contribution in [2.24, 2.45) is 5.92 Å². The summed E-state index contributed by atoms with van der Waals surface area (Å²) >= 11 is 0. The molecule has 1 fully saturated rings. The Morgan fingerprint density at radius 1 is 1.44 bits per heavy atom. The van der Waals surface area contributed by atoms with Crippen LogP contribution in [0.1, 0.15) is 24.3 Å². The minimum Gasteiger partial charge on any atom is -0.383 e. The average molecular weight is 251 g/mol. The lowest BCUT2D eigenvalue weighted by molar-refractivity contribution is -0.123. The molecule has 2 rings (SSSR count). The highest BCUT2D eigenvalue weighted by molar-refractivity contribution is 5.84. The van der Waals surface area contributed by atoms with E-state index in [0.717, 1.165) is 18.4 Å². The van der Waals surface area contributed by atoms with Crippen LogP contribution in [-0.4, -0.2) is 26.2 Å². The monoisotopic (exact) mass is 251 g/mol. The number of carbonyl (C=O) groups excluding carboxylic acids is 1. The van der Waals surface area contributed by atoms with E-state index in [1.807, 2.05) is 0 Å². The number of hydrogen-bond donors (Lipinski definition) is 1. The molecule has 98 valence electrons. The minimum absolute atomic E-state index is 0.0150. The number of rotatable bonds is 6. The summed E-state index contributed by atoms with van der Waals surface area (Å²) < 4.78 is 17.8. The number of benzene rings is 1. The molecule has 1 N–H and O–H groups in total. The molecule has 0 spiro atoms. The zero-order valence-electron chi connectivity index (χ0n) is 10.5. The van der Waals surface area contributed by atoms with Gasteiger partial charge in [-0.25, -0.2) is 4.39 Å². The van der Waals surface area contributed by atoms with Crippen molar-refractivity contribution < 1.29 is 13.9 Å². The molecular weight excluding hydrogens is 233 g/mol. The molecule has 0 aliphatic heterocycles. The summed E-state index contributed by atoms with van der Waals surface area (Å²) in [4.78, 5) is 12.1. The van der Waals surface area contributed by atoms with Crippen molar-refractivity contribution in [2.45, 2.75) is 18.8 Å². The Bertz CT molecular complexity index is 401. The predicted octanol–water partition coefficient (Wildman–Crippen LogP) is 2.08. The molecule has 0 heterocycles. The molecule has 1 atom stereocenters. The Morgan fingerprint density at radius 2 is 2.11 bits per heavy atom. The lowest BCUT2D eigenvalue weighted by atomic mass is 9.93. The van der Waals surface area contributed by atoms with E-state index >= 15 is 0 Å².